The summed E-state index contributed by atoms with van der Waals surface area (Å²) in [6, 6.07) is 0. The number of carbonyl (C=O) groups is 1. The van der Waals surface area contributed by atoms with Crippen molar-refractivity contribution < 1.29 is 9.21 Å². The van der Waals surface area contributed by atoms with E-state index < -0.39 is 0 Å². The molecule has 76 valence electrons. The number of hydrazine groups is 1. The molecule has 1 aliphatic heterocycles. The van der Waals surface area contributed by atoms with Gasteiger partial charge in [-0.3, -0.25) is 9.80 Å². The highest BCUT2D eigenvalue weighted by Gasteiger charge is 2.24. The molecule has 1 aliphatic rings. The maximum atomic E-state index is 11.8. The minimum Gasteiger partial charge on any atom is -0.435 e. The van der Waals surface area contributed by atoms with Crippen molar-refractivity contribution >= 4 is 5.91 Å². The number of nitrogens with one attached hydrogen (secondary N) is 1. The van der Waals surface area contributed by atoms with Crippen LogP contribution in [-0.2, 0) is 0 Å². The molecular weight excluding hydrogens is 182 g/mol. The van der Waals surface area contributed by atoms with E-state index in [0.717, 1.165) is 19.5 Å². The number of rotatable bonds is 1. The van der Waals surface area contributed by atoms with Crippen LogP contribution in [0.1, 0.15) is 28.6 Å². The van der Waals surface area contributed by atoms with Gasteiger partial charge in [0.25, 0.3) is 0 Å². The minimum atomic E-state index is -0.124. The molecule has 0 spiro atoms. The molecule has 0 bridgehead atoms. The van der Waals surface area contributed by atoms with Crippen LogP contribution < -0.4 is 5.43 Å². The van der Waals surface area contributed by atoms with Gasteiger partial charge in [0, 0.05) is 20.0 Å². The van der Waals surface area contributed by atoms with Gasteiger partial charge in [0.05, 0.1) is 5.69 Å². The zero-order valence-electron chi connectivity index (χ0n) is 8.33. The molecule has 2 rings (SSSR count). The molecule has 1 amide bonds. The van der Waals surface area contributed by atoms with Crippen molar-refractivity contribution in [1.29, 1.82) is 0 Å². The number of amides is 1. The van der Waals surface area contributed by atoms with Crippen LogP contribution in [0.2, 0.25) is 0 Å². The normalized spacial score (nSPS) is 16.3. The second-order valence-corrected chi connectivity index (χ2v) is 3.37. The van der Waals surface area contributed by atoms with E-state index in [1.165, 1.54) is 0 Å². The highest BCUT2D eigenvalue weighted by molar-refractivity contribution is 5.92. The van der Waals surface area contributed by atoms with E-state index in [2.05, 4.69) is 10.4 Å². The van der Waals surface area contributed by atoms with E-state index >= 15 is 0 Å². The lowest BCUT2D eigenvalue weighted by atomic mass is 10.3. The molecule has 1 fully saturated rings. The fourth-order valence-electron chi connectivity index (χ4n) is 1.56. The van der Waals surface area contributed by atoms with Crippen LogP contribution >= 0.6 is 0 Å². The van der Waals surface area contributed by atoms with Crippen molar-refractivity contribution in [3.05, 3.63) is 17.3 Å². The Kier molecular flexibility index (Phi) is 2.25. The van der Waals surface area contributed by atoms with E-state index in [0.29, 0.717) is 17.3 Å². The Morgan fingerprint density at radius 2 is 2.36 bits per heavy atom. The van der Waals surface area contributed by atoms with Crippen molar-refractivity contribution in [3.8, 4) is 0 Å². The second-order valence-electron chi connectivity index (χ2n) is 3.37. The summed E-state index contributed by atoms with van der Waals surface area (Å²) in [5.41, 5.74) is 3.64. The first-order valence-electron chi connectivity index (χ1n) is 4.68. The van der Waals surface area contributed by atoms with Crippen molar-refractivity contribution in [2.45, 2.75) is 20.3 Å². The lowest BCUT2D eigenvalue weighted by Crippen LogP contribution is -2.36. The largest absolute Gasteiger partial charge is 0.435 e. The first kappa shape index (κ1) is 9.21. The van der Waals surface area contributed by atoms with Gasteiger partial charge in [-0.25, -0.2) is 10.4 Å². The molecule has 5 heteroatoms. The quantitative estimate of drug-likeness (QED) is 0.714. The average Bonchev–Trinajstić information content (AvgIpc) is 2.73. The van der Waals surface area contributed by atoms with E-state index in [1.807, 2.05) is 0 Å². The Hall–Kier alpha value is -1.36. The summed E-state index contributed by atoms with van der Waals surface area (Å²) in [6.07, 6.45) is 0.984. The van der Waals surface area contributed by atoms with Crippen LogP contribution in [0, 0.1) is 13.8 Å². The Balaban J connectivity index is 2.21. The van der Waals surface area contributed by atoms with Gasteiger partial charge in [-0.1, -0.05) is 0 Å². The minimum absolute atomic E-state index is 0.124. The Bertz CT molecular complexity index is 353. The molecular formula is C9H13N3O2. The maximum Gasteiger partial charge on any atom is 0.305 e. The molecule has 5 nitrogen and oxygen atoms in total. The molecule has 2 heterocycles. The summed E-state index contributed by atoms with van der Waals surface area (Å²) in [6.45, 7) is 5.09. The number of hydrogen-bond donors (Lipinski definition) is 1. The van der Waals surface area contributed by atoms with E-state index in [-0.39, 0.29) is 5.91 Å². The number of carbonyl (C=O) groups excluding carboxylic acids is 1. The number of aryl methyl sites for hydroxylation is 2. The third kappa shape index (κ3) is 1.50. The van der Waals surface area contributed by atoms with Crippen molar-refractivity contribution in [1.82, 2.24) is 15.4 Å². The third-order valence-corrected chi connectivity index (χ3v) is 2.20. The van der Waals surface area contributed by atoms with Gasteiger partial charge in [0.15, 0.2) is 5.89 Å². The second kappa shape index (κ2) is 3.42. The monoisotopic (exact) mass is 195 g/mol. The van der Waals surface area contributed by atoms with Gasteiger partial charge in [-0.2, -0.15) is 0 Å². The summed E-state index contributed by atoms with van der Waals surface area (Å²) in [4.78, 5) is 15.9. The third-order valence-electron chi connectivity index (χ3n) is 2.20. The summed E-state index contributed by atoms with van der Waals surface area (Å²) < 4.78 is 5.25. The molecule has 1 saturated heterocycles. The number of nitrogens with zero attached hydrogens (tertiary/aromatic N) is 2. The number of oxazole rings is 1. The molecule has 1 N–H and O–H groups in total. The Labute approximate surface area is 82.1 Å². The summed E-state index contributed by atoms with van der Waals surface area (Å²) >= 11 is 0. The summed E-state index contributed by atoms with van der Waals surface area (Å²) in [7, 11) is 0. The van der Waals surface area contributed by atoms with Crippen LogP contribution in [-0.4, -0.2) is 29.0 Å². The van der Waals surface area contributed by atoms with Gasteiger partial charge in [0.2, 0.25) is 5.76 Å². The van der Waals surface area contributed by atoms with E-state index in [4.69, 9.17) is 4.42 Å². The topological polar surface area (TPSA) is 58.4 Å². The maximum absolute atomic E-state index is 11.8. The van der Waals surface area contributed by atoms with Crippen LogP contribution in [0.15, 0.2) is 4.42 Å². The fourth-order valence-corrected chi connectivity index (χ4v) is 1.56. The summed E-state index contributed by atoms with van der Waals surface area (Å²) in [5, 5.41) is 1.58. The van der Waals surface area contributed by atoms with Crippen molar-refractivity contribution in [3.63, 3.8) is 0 Å². The average molecular weight is 195 g/mol. The highest BCUT2D eigenvalue weighted by atomic mass is 16.4. The van der Waals surface area contributed by atoms with Crippen molar-refractivity contribution in [2.24, 2.45) is 0 Å². The standard InChI is InChI=1S/C9H13N3O2/c1-6-8(14-7(2)11-6)9(13)12-5-3-4-10-12/h10H,3-5H2,1-2H3. The zero-order valence-corrected chi connectivity index (χ0v) is 8.33. The van der Waals surface area contributed by atoms with Gasteiger partial charge in [-0.05, 0) is 13.3 Å². The highest BCUT2D eigenvalue weighted by Crippen LogP contribution is 2.12. The SMILES string of the molecule is Cc1nc(C)c(C(=O)N2CCCN2)o1. The van der Waals surface area contributed by atoms with Gasteiger partial charge in [0.1, 0.15) is 0 Å². The molecule has 1 aromatic heterocycles. The predicted octanol–water partition coefficient (Wildman–Crippen LogP) is 0.642. The zero-order chi connectivity index (χ0) is 10.1. The lowest BCUT2D eigenvalue weighted by molar-refractivity contribution is 0.0691. The summed E-state index contributed by atoms with van der Waals surface area (Å²) in [5.74, 6) is 0.752. The molecule has 0 atom stereocenters. The Morgan fingerprint density at radius 1 is 1.57 bits per heavy atom. The van der Waals surface area contributed by atoms with E-state index in [9.17, 15) is 4.79 Å². The predicted molar refractivity (Wildman–Crippen MR) is 49.6 cm³/mol. The molecule has 0 unspecified atom stereocenters. The number of hydrogen-bond acceptors (Lipinski definition) is 4. The molecule has 1 aromatic rings. The molecule has 0 radical (unpaired) electrons. The molecule has 0 saturated carbocycles. The first-order valence-corrected chi connectivity index (χ1v) is 4.68. The lowest BCUT2D eigenvalue weighted by Gasteiger charge is -2.13. The number of aromatic nitrogens is 1. The smallest absolute Gasteiger partial charge is 0.305 e. The van der Waals surface area contributed by atoms with Crippen LogP contribution in [0.25, 0.3) is 0 Å². The van der Waals surface area contributed by atoms with Crippen LogP contribution in [0.5, 0.6) is 0 Å². The van der Waals surface area contributed by atoms with Gasteiger partial charge < -0.3 is 4.42 Å². The Morgan fingerprint density at radius 3 is 2.86 bits per heavy atom. The van der Waals surface area contributed by atoms with Gasteiger partial charge >= 0.3 is 5.91 Å². The molecule has 0 aliphatic carbocycles. The van der Waals surface area contributed by atoms with Crippen LogP contribution in [0.3, 0.4) is 0 Å². The van der Waals surface area contributed by atoms with Gasteiger partial charge in [-0.15, -0.1) is 0 Å². The first-order chi connectivity index (χ1) is 6.68. The van der Waals surface area contributed by atoms with E-state index in [1.54, 1.807) is 18.9 Å². The van der Waals surface area contributed by atoms with Crippen LogP contribution in [0.4, 0.5) is 0 Å². The molecule has 0 aromatic carbocycles. The van der Waals surface area contributed by atoms with Crippen molar-refractivity contribution in [2.75, 3.05) is 13.1 Å². The molecule has 14 heavy (non-hydrogen) atoms. The fraction of sp³-hybridized carbons (Fsp3) is 0.556.